The number of pyridine rings is 1. The number of methoxy groups -OCH3 is 1. The fraction of sp³-hybridized carbons (Fsp3) is 0.111. The zero-order chi connectivity index (χ0) is 18.9. The Morgan fingerprint density at radius 1 is 1.12 bits per heavy atom. The van der Waals surface area contributed by atoms with Crippen molar-refractivity contribution in [3.63, 3.8) is 0 Å². The summed E-state index contributed by atoms with van der Waals surface area (Å²) in [6, 6.07) is 13.5. The molecule has 2 N–H and O–H groups in total. The highest BCUT2D eigenvalue weighted by Crippen LogP contribution is 2.38. The zero-order valence-electron chi connectivity index (χ0n) is 14.1. The largest absolute Gasteiger partial charge is 0.496 e. The minimum atomic E-state index is -3.75. The van der Waals surface area contributed by atoms with Crippen LogP contribution in [-0.2, 0) is 10.0 Å². The number of rotatable bonds is 5. The first-order chi connectivity index (χ1) is 12.3. The monoisotopic (exact) mass is 372 g/mol. The van der Waals surface area contributed by atoms with E-state index in [4.69, 9.17) is 4.74 Å². The topological polar surface area (TPSA) is 106 Å². The molecule has 0 aliphatic rings. The molecule has 2 aromatic carbocycles. The maximum atomic E-state index is 12.0. The molecule has 1 heterocycles. The van der Waals surface area contributed by atoms with Gasteiger partial charge in [0.2, 0.25) is 10.0 Å². The van der Waals surface area contributed by atoms with Gasteiger partial charge < -0.3 is 9.84 Å². The van der Waals surface area contributed by atoms with Crippen molar-refractivity contribution in [2.75, 3.05) is 18.1 Å². The first kappa shape index (κ1) is 17.7. The van der Waals surface area contributed by atoms with E-state index in [1.165, 1.54) is 7.11 Å². The molecule has 3 aromatic rings. The zero-order valence-corrected chi connectivity index (χ0v) is 14.9. The van der Waals surface area contributed by atoms with Crippen LogP contribution >= 0.6 is 0 Å². The van der Waals surface area contributed by atoms with Crippen LogP contribution in [0.3, 0.4) is 0 Å². The van der Waals surface area contributed by atoms with Crippen molar-refractivity contribution >= 4 is 32.6 Å². The van der Waals surface area contributed by atoms with Crippen molar-refractivity contribution in [1.82, 2.24) is 4.98 Å². The summed E-state index contributed by atoms with van der Waals surface area (Å²) in [7, 11) is -2.27. The third-order valence-electron chi connectivity index (χ3n) is 3.76. The predicted octanol–water partition coefficient (Wildman–Crippen LogP) is 2.98. The second-order valence-corrected chi connectivity index (χ2v) is 7.36. The maximum absolute atomic E-state index is 12.0. The van der Waals surface area contributed by atoms with Gasteiger partial charge in [0, 0.05) is 10.9 Å². The number of carbonyl (C=O) groups is 1. The van der Waals surface area contributed by atoms with Gasteiger partial charge in [-0.15, -0.1) is 0 Å². The van der Waals surface area contributed by atoms with E-state index in [2.05, 4.69) is 9.71 Å². The fourth-order valence-electron chi connectivity index (χ4n) is 2.75. The molecule has 0 saturated heterocycles. The Kier molecular flexibility index (Phi) is 4.52. The van der Waals surface area contributed by atoms with Gasteiger partial charge in [-0.25, -0.2) is 18.2 Å². The molecule has 3 rings (SSSR count). The highest BCUT2D eigenvalue weighted by atomic mass is 32.2. The molecule has 0 radical (unpaired) electrons. The average molecular weight is 372 g/mol. The Balaban J connectivity index is 2.48. The van der Waals surface area contributed by atoms with E-state index in [0.29, 0.717) is 22.2 Å². The van der Waals surface area contributed by atoms with Crippen LogP contribution in [0.15, 0.2) is 48.5 Å². The number of anilines is 1. The van der Waals surface area contributed by atoms with Crippen molar-refractivity contribution in [3.05, 3.63) is 54.1 Å². The van der Waals surface area contributed by atoms with Gasteiger partial charge in [-0.3, -0.25) is 4.72 Å². The molecule has 0 atom stereocenters. The van der Waals surface area contributed by atoms with E-state index in [0.717, 1.165) is 6.26 Å². The lowest BCUT2D eigenvalue weighted by molar-refractivity contribution is 0.0700. The van der Waals surface area contributed by atoms with Crippen LogP contribution in [0.2, 0.25) is 0 Å². The number of aromatic carboxylic acids is 1. The van der Waals surface area contributed by atoms with E-state index in [1.807, 2.05) is 0 Å². The highest BCUT2D eigenvalue weighted by Gasteiger charge is 2.24. The lowest BCUT2D eigenvalue weighted by Crippen LogP contribution is -2.15. The molecule has 0 aliphatic heterocycles. The van der Waals surface area contributed by atoms with Crippen LogP contribution in [0.5, 0.6) is 5.75 Å². The molecule has 0 fully saturated rings. The second-order valence-electron chi connectivity index (χ2n) is 5.61. The summed E-state index contributed by atoms with van der Waals surface area (Å²) < 4.78 is 31.4. The molecule has 0 spiro atoms. The maximum Gasteiger partial charge on any atom is 0.338 e. The number of fused-ring (bicyclic) bond motifs is 1. The molecule has 0 unspecified atom stereocenters. The van der Waals surface area contributed by atoms with Gasteiger partial charge in [-0.1, -0.05) is 30.3 Å². The van der Waals surface area contributed by atoms with Gasteiger partial charge in [0.1, 0.15) is 5.75 Å². The normalized spacial score (nSPS) is 11.3. The van der Waals surface area contributed by atoms with Crippen LogP contribution < -0.4 is 9.46 Å². The summed E-state index contributed by atoms with van der Waals surface area (Å²) in [6.07, 6.45) is 0.958. The summed E-state index contributed by atoms with van der Waals surface area (Å²) in [4.78, 5) is 16.5. The fourth-order valence-corrected chi connectivity index (χ4v) is 3.32. The van der Waals surface area contributed by atoms with Crippen LogP contribution in [0.1, 0.15) is 10.4 Å². The standard InChI is InChI=1S/C18H16N2O5S/c1-25-14-10-6-4-8-12(14)16-17(20-26(2,23)24)15(18(21)22)11-7-3-5-9-13(11)19-16/h3-10,20H,1-2H3,(H,21,22). The molecule has 8 heteroatoms. The summed E-state index contributed by atoms with van der Waals surface area (Å²) in [5, 5.41) is 10.1. The Hall–Kier alpha value is -3.13. The number of nitrogens with one attached hydrogen (secondary N) is 1. The number of aromatic nitrogens is 1. The molecule has 0 bridgehead atoms. The van der Waals surface area contributed by atoms with Gasteiger partial charge in [-0.05, 0) is 18.2 Å². The second kappa shape index (κ2) is 6.64. The number of ether oxygens (including phenoxy) is 1. The van der Waals surface area contributed by atoms with Crippen LogP contribution in [0.4, 0.5) is 5.69 Å². The SMILES string of the molecule is COc1ccccc1-c1nc2ccccc2c(C(=O)O)c1NS(C)(=O)=O. The van der Waals surface area contributed by atoms with E-state index in [9.17, 15) is 18.3 Å². The van der Waals surface area contributed by atoms with Gasteiger partial charge in [-0.2, -0.15) is 0 Å². The minimum absolute atomic E-state index is 0.0943. The molecule has 7 nitrogen and oxygen atoms in total. The van der Waals surface area contributed by atoms with Crippen LogP contribution in [0, 0.1) is 0 Å². The number of carboxylic acid groups (broad SMARTS) is 1. The molecule has 1 aromatic heterocycles. The minimum Gasteiger partial charge on any atom is -0.496 e. The van der Waals surface area contributed by atoms with Crippen molar-refractivity contribution in [1.29, 1.82) is 0 Å². The van der Waals surface area contributed by atoms with Gasteiger partial charge >= 0.3 is 5.97 Å². The smallest absolute Gasteiger partial charge is 0.338 e. The number of hydrogen-bond donors (Lipinski definition) is 2. The summed E-state index contributed by atoms with van der Waals surface area (Å²) in [5.41, 5.74) is 0.841. The van der Waals surface area contributed by atoms with E-state index in [1.54, 1.807) is 48.5 Å². The van der Waals surface area contributed by atoms with Crippen molar-refractivity contribution in [3.8, 4) is 17.0 Å². The Morgan fingerprint density at radius 2 is 1.77 bits per heavy atom. The van der Waals surface area contributed by atoms with Gasteiger partial charge in [0.05, 0.1) is 35.8 Å². The molecular weight excluding hydrogens is 356 g/mol. The highest BCUT2D eigenvalue weighted by molar-refractivity contribution is 7.92. The van der Waals surface area contributed by atoms with Crippen molar-refractivity contribution in [2.45, 2.75) is 0 Å². The molecule has 26 heavy (non-hydrogen) atoms. The summed E-state index contributed by atoms with van der Waals surface area (Å²) in [5.74, 6) is -0.811. The summed E-state index contributed by atoms with van der Waals surface area (Å²) in [6.45, 7) is 0. The van der Waals surface area contributed by atoms with Gasteiger partial charge in [0.25, 0.3) is 0 Å². The summed E-state index contributed by atoms with van der Waals surface area (Å²) >= 11 is 0. The first-order valence-electron chi connectivity index (χ1n) is 7.59. The number of sulfonamides is 1. The van der Waals surface area contributed by atoms with E-state index < -0.39 is 16.0 Å². The number of nitrogens with zero attached hydrogens (tertiary/aromatic N) is 1. The van der Waals surface area contributed by atoms with Crippen molar-refractivity contribution in [2.24, 2.45) is 0 Å². The molecule has 0 aliphatic carbocycles. The number of carboxylic acids is 1. The first-order valence-corrected chi connectivity index (χ1v) is 9.48. The lowest BCUT2D eigenvalue weighted by Gasteiger charge is -2.17. The quantitative estimate of drug-likeness (QED) is 0.713. The Labute approximate surface area is 150 Å². The molecule has 0 amide bonds. The molecule has 134 valence electrons. The predicted molar refractivity (Wildman–Crippen MR) is 99.2 cm³/mol. The lowest BCUT2D eigenvalue weighted by atomic mass is 10.0. The number of hydrogen-bond acceptors (Lipinski definition) is 5. The van der Waals surface area contributed by atoms with Crippen LogP contribution in [0.25, 0.3) is 22.2 Å². The van der Waals surface area contributed by atoms with Crippen molar-refractivity contribution < 1.29 is 23.1 Å². The number of para-hydroxylation sites is 2. The average Bonchev–Trinajstić information content (AvgIpc) is 2.59. The molecular formula is C18H16N2O5S. The van der Waals surface area contributed by atoms with E-state index >= 15 is 0 Å². The van der Waals surface area contributed by atoms with Gasteiger partial charge in [0.15, 0.2) is 0 Å². The van der Waals surface area contributed by atoms with E-state index in [-0.39, 0.29) is 16.9 Å². The molecule has 0 saturated carbocycles. The third kappa shape index (κ3) is 3.31. The number of benzene rings is 2. The Morgan fingerprint density at radius 3 is 2.42 bits per heavy atom. The van der Waals surface area contributed by atoms with Crippen LogP contribution in [-0.4, -0.2) is 37.8 Å². The third-order valence-corrected chi connectivity index (χ3v) is 4.33. The Bertz CT molecular complexity index is 1110.